The Morgan fingerprint density at radius 1 is 1.24 bits per heavy atom. The molecule has 0 aliphatic carbocycles. The number of aromatic nitrogens is 3. The van der Waals surface area contributed by atoms with Crippen LogP contribution in [0.2, 0.25) is 0 Å². The zero-order chi connectivity index (χ0) is 14.9. The van der Waals surface area contributed by atoms with E-state index in [-0.39, 0.29) is 11.3 Å². The highest BCUT2D eigenvalue weighted by molar-refractivity contribution is 7.91. The number of rotatable bonds is 4. The molecule has 1 aromatic carbocycles. The molecule has 2 heterocycles. The first-order chi connectivity index (χ1) is 10.0. The van der Waals surface area contributed by atoms with Gasteiger partial charge in [-0.15, -0.1) is 0 Å². The van der Waals surface area contributed by atoms with Gasteiger partial charge >= 0.3 is 0 Å². The number of hydrogen-bond acceptors (Lipinski definition) is 4. The lowest BCUT2D eigenvalue weighted by Crippen LogP contribution is -2.16. The molecular formula is C13H11FN4O2S. The molecular weight excluding hydrogens is 295 g/mol. The Kier molecular flexibility index (Phi) is 3.30. The van der Waals surface area contributed by atoms with E-state index in [0.717, 1.165) is 0 Å². The molecule has 1 N–H and O–H groups in total. The monoisotopic (exact) mass is 306 g/mol. The molecule has 3 rings (SSSR count). The zero-order valence-electron chi connectivity index (χ0n) is 10.8. The highest BCUT2D eigenvalue weighted by Crippen LogP contribution is 2.14. The summed E-state index contributed by atoms with van der Waals surface area (Å²) in [5.74, 6) is -1.000. The molecule has 0 amide bonds. The number of sulfonamides is 1. The minimum Gasteiger partial charge on any atom is -0.280 e. The summed E-state index contributed by atoms with van der Waals surface area (Å²) in [6.07, 6.45) is 4.44. The summed E-state index contributed by atoms with van der Waals surface area (Å²) in [6.45, 7) is 0. The Hall–Kier alpha value is -2.48. The summed E-state index contributed by atoms with van der Waals surface area (Å²) < 4.78 is 41.4. The van der Waals surface area contributed by atoms with Gasteiger partial charge in [-0.25, -0.2) is 22.3 Å². The Morgan fingerprint density at radius 2 is 2.05 bits per heavy atom. The van der Waals surface area contributed by atoms with Crippen LogP contribution >= 0.6 is 0 Å². The van der Waals surface area contributed by atoms with Crippen LogP contribution in [0, 0.1) is 5.82 Å². The second-order valence-corrected chi connectivity index (χ2v) is 6.15. The lowest BCUT2D eigenvalue weighted by Gasteiger charge is -2.08. The molecule has 108 valence electrons. The molecule has 0 bridgehead atoms. The first-order valence-electron chi connectivity index (χ1n) is 6.07. The third-order valence-corrected chi connectivity index (χ3v) is 4.06. The van der Waals surface area contributed by atoms with Crippen LogP contribution < -0.4 is 4.72 Å². The molecule has 0 saturated heterocycles. The van der Waals surface area contributed by atoms with Crippen molar-refractivity contribution in [2.24, 2.45) is 0 Å². The van der Waals surface area contributed by atoms with E-state index in [9.17, 15) is 12.8 Å². The molecule has 8 heteroatoms. The maximum absolute atomic E-state index is 13.5. The SMILES string of the molecule is O=S(=O)(Cc1ccccc1F)Nc1cnc2ccnn2c1. The van der Waals surface area contributed by atoms with Crippen molar-refractivity contribution in [2.75, 3.05) is 4.72 Å². The number of benzene rings is 1. The van der Waals surface area contributed by atoms with Crippen molar-refractivity contribution in [3.05, 3.63) is 60.3 Å². The number of anilines is 1. The van der Waals surface area contributed by atoms with Gasteiger partial charge in [0.1, 0.15) is 5.82 Å². The largest absolute Gasteiger partial charge is 0.280 e. The highest BCUT2D eigenvalue weighted by Gasteiger charge is 2.15. The molecule has 0 radical (unpaired) electrons. The summed E-state index contributed by atoms with van der Waals surface area (Å²) in [6, 6.07) is 7.45. The van der Waals surface area contributed by atoms with E-state index in [1.807, 2.05) is 0 Å². The molecule has 3 aromatic rings. The van der Waals surface area contributed by atoms with E-state index >= 15 is 0 Å². The summed E-state index contributed by atoms with van der Waals surface area (Å²) >= 11 is 0. The predicted octanol–water partition coefficient (Wildman–Crippen LogP) is 1.81. The fourth-order valence-corrected chi connectivity index (χ4v) is 3.08. The summed E-state index contributed by atoms with van der Waals surface area (Å²) in [5.41, 5.74) is 0.979. The van der Waals surface area contributed by atoms with E-state index in [4.69, 9.17) is 0 Å². The maximum atomic E-state index is 13.5. The average molecular weight is 306 g/mol. The van der Waals surface area contributed by atoms with Crippen molar-refractivity contribution >= 4 is 21.4 Å². The van der Waals surface area contributed by atoms with Crippen molar-refractivity contribution in [1.29, 1.82) is 0 Å². The van der Waals surface area contributed by atoms with E-state index < -0.39 is 21.6 Å². The second-order valence-electron chi connectivity index (χ2n) is 4.43. The van der Waals surface area contributed by atoms with E-state index in [0.29, 0.717) is 5.65 Å². The quantitative estimate of drug-likeness (QED) is 0.797. The van der Waals surface area contributed by atoms with Gasteiger partial charge in [-0.3, -0.25) is 4.72 Å². The Labute approximate surface area is 120 Å². The number of hydrogen-bond donors (Lipinski definition) is 1. The van der Waals surface area contributed by atoms with E-state index in [2.05, 4.69) is 14.8 Å². The van der Waals surface area contributed by atoms with Gasteiger partial charge < -0.3 is 0 Å². The normalized spacial score (nSPS) is 11.7. The number of nitrogens with one attached hydrogen (secondary N) is 1. The number of halogens is 1. The molecule has 0 saturated carbocycles. The van der Waals surface area contributed by atoms with Gasteiger partial charge in [-0.2, -0.15) is 5.10 Å². The molecule has 0 unspecified atom stereocenters. The number of nitrogens with zero attached hydrogens (tertiary/aromatic N) is 3. The van der Waals surface area contributed by atoms with Gasteiger partial charge in [0, 0.05) is 11.6 Å². The van der Waals surface area contributed by atoms with Gasteiger partial charge in [-0.05, 0) is 6.07 Å². The lowest BCUT2D eigenvalue weighted by atomic mass is 10.2. The third kappa shape index (κ3) is 3.00. The van der Waals surface area contributed by atoms with Crippen LogP contribution in [-0.4, -0.2) is 23.0 Å². The van der Waals surface area contributed by atoms with Crippen molar-refractivity contribution in [3.8, 4) is 0 Å². The summed E-state index contributed by atoms with van der Waals surface area (Å²) in [4.78, 5) is 4.05. The molecule has 21 heavy (non-hydrogen) atoms. The highest BCUT2D eigenvalue weighted by atomic mass is 32.2. The molecule has 0 atom stereocenters. The van der Waals surface area contributed by atoms with Crippen molar-refractivity contribution in [2.45, 2.75) is 5.75 Å². The van der Waals surface area contributed by atoms with Gasteiger partial charge in [0.25, 0.3) is 0 Å². The molecule has 2 aromatic heterocycles. The lowest BCUT2D eigenvalue weighted by molar-refractivity contribution is 0.591. The van der Waals surface area contributed by atoms with Crippen LogP contribution in [0.4, 0.5) is 10.1 Å². The van der Waals surface area contributed by atoms with Crippen LogP contribution in [0.25, 0.3) is 5.65 Å². The predicted molar refractivity (Wildman–Crippen MR) is 75.6 cm³/mol. The van der Waals surface area contributed by atoms with E-state index in [1.54, 1.807) is 18.3 Å². The first-order valence-corrected chi connectivity index (χ1v) is 7.72. The van der Waals surface area contributed by atoms with Gasteiger partial charge in [0.05, 0.1) is 30.0 Å². The molecule has 0 aliphatic rings. The van der Waals surface area contributed by atoms with Gasteiger partial charge in [0.15, 0.2) is 5.65 Å². The Bertz CT molecular complexity index is 892. The average Bonchev–Trinajstić information content (AvgIpc) is 2.88. The molecule has 6 nitrogen and oxygen atoms in total. The Balaban J connectivity index is 1.84. The standard InChI is InChI=1S/C13H11FN4O2S/c14-12-4-2-1-3-10(12)9-21(19,20)17-11-7-15-13-5-6-16-18(13)8-11/h1-8,17H,9H2. The van der Waals surface area contributed by atoms with Crippen LogP contribution in [0.5, 0.6) is 0 Å². The van der Waals surface area contributed by atoms with Gasteiger partial charge in [0.2, 0.25) is 10.0 Å². The van der Waals surface area contributed by atoms with Crippen molar-refractivity contribution < 1.29 is 12.8 Å². The third-order valence-electron chi connectivity index (χ3n) is 2.82. The molecule has 0 aliphatic heterocycles. The fraction of sp³-hybridized carbons (Fsp3) is 0.0769. The Morgan fingerprint density at radius 3 is 2.86 bits per heavy atom. The fourth-order valence-electron chi connectivity index (χ4n) is 1.90. The van der Waals surface area contributed by atoms with Crippen LogP contribution in [0.15, 0.2) is 48.9 Å². The van der Waals surface area contributed by atoms with Crippen molar-refractivity contribution in [3.63, 3.8) is 0 Å². The van der Waals surface area contributed by atoms with Crippen LogP contribution in [0.1, 0.15) is 5.56 Å². The topological polar surface area (TPSA) is 76.4 Å². The van der Waals surface area contributed by atoms with Crippen LogP contribution in [0.3, 0.4) is 0 Å². The second kappa shape index (κ2) is 5.13. The van der Waals surface area contributed by atoms with Crippen LogP contribution in [-0.2, 0) is 15.8 Å². The minimum atomic E-state index is -3.73. The smallest absolute Gasteiger partial charge is 0.237 e. The summed E-state index contributed by atoms with van der Waals surface area (Å²) in [7, 11) is -3.73. The van der Waals surface area contributed by atoms with Crippen molar-refractivity contribution in [1.82, 2.24) is 14.6 Å². The molecule has 0 fully saturated rings. The maximum Gasteiger partial charge on any atom is 0.237 e. The number of fused-ring (bicyclic) bond motifs is 1. The first kappa shape index (κ1) is 13.5. The molecule has 0 spiro atoms. The zero-order valence-corrected chi connectivity index (χ0v) is 11.6. The van der Waals surface area contributed by atoms with E-state index in [1.165, 1.54) is 35.1 Å². The minimum absolute atomic E-state index is 0.109. The van der Waals surface area contributed by atoms with Gasteiger partial charge in [-0.1, -0.05) is 18.2 Å². The summed E-state index contributed by atoms with van der Waals surface area (Å²) in [5, 5.41) is 3.97.